The number of hydrogen-bond acceptors (Lipinski definition) is 8. The molecule has 3 heterocycles. The predicted molar refractivity (Wildman–Crippen MR) is 94.9 cm³/mol. The Morgan fingerprint density at radius 1 is 1.25 bits per heavy atom. The zero-order valence-corrected chi connectivity index (χ0v) is 14.4. The van der Waals surface area contributed by atoms with Crippen LogP contribution in [0.5, 0.6) is 0 Å². The van der Waals surface area contributed by atoms with Crippen LogP contribution in [0.1, 0.15) is 22.0 Å². The van der Waals surface area contributed by atoms with Gasteiger partial charge in [-0.2, -0.15) is 10.1 Å². The SMILES string of the molecule is O=C(NCc1noc(-c2ccccc2)n1)c1cnc(Cn2cncn2)[nH]c1=O. The van der Waals surface area contributed by atoms with E-state index in [-0.39, 0.29) is 18.7 Å². The standard InChI is InChI=1S/C17H14N8O3/c26-15(12-6-19-14(22-16(12)27)8-25-10-18-9-21-25)20-7-13-23-17(28-24-13)11-4-2-1-3-5-11/h1-6,9-10H,7-8H2,(H,20,26)(H,19,22,27). The van der Waals surface area contributed by atoms with Crippen molar-refractivity contribution >= 4 is 5.91 Å². The first kappa shape index (κ1) is 17.3. The molecule has 0 spiro atoms. The molecule has 3 aromatic heterocycles. The van der Waals surface area contributed by atoms with E-state index in [1.165, 1.54) is 23.5 Å². The highest BCUT2D eigenvalue weighted by molar-refractivity contribution is 5.93. The number of rotatable bonds is 6. The molecule has 0 saturated heterocycles. The summed E-state index contributed by atoms with van der Waals surface area (Å²) >= 11 is 0. The molecule has 11 heteroatoms. The number of benzene rings is 1. The Morgan fingerprint density at radius 2 is 2.11 bits per heavy atom. The normalized spacial score (nSPS) is 10.7. The van der Waals surface area contributed by atoms with Gasteiger partial charge in [0.1, 0.15) is 30.6 Å². The molecular formula is C17H14N8O3. The lowest BCUT2D eigenvalue weighted by Crippen LogP contribution is -2.30. The van der Waals surface area contributed by atoms with Crippen LogP contribution in [0.2, 0.25) is 0 Å². The fourth-order valence-electron chi connectivity index (χ4n) is 2.42. The molecule has 0 saturated carbocycles. The smallest absolute Gasteiger partial charge is 0.263 e. The molecule has 0 fully saturated rings. The molecule has 28 heavy (non-hydrogen) atoms. The topological polar surface area (TPSA) is 144 Å². The van der Waals surface area contributed by atoms with Crippen molar-refractivity contribution in [3.8, 4) is 11.5 Å². The Hall–Kier alpha value is -4.15. The Morgan fingerprint density at radius 3 is 2.86 bits per heavy atom. The molecule has 1 amide bonds. The van der Waals surface area contributed by atoms with Gasteiger partial charge in [-0.25, -0.2) is 14.6 Å². The Bertz CT molecular complexity index is 1130. The molecule has 0 bridgehead atoms. The number of hydrogen-bond donors (Lipinski definition) is 2. The van der Waals surface area contributed by atoms with Gasteiger partial charge in [0.15, 0.2) is 5.82 Å². The van der Waals surface area contributed by atoms with Gasteiger partial charge >= 0.3 is 0 Å². The summed E-state index contributed by atoms with van der Waals surface area (Å²) in [5.74, 6) is 0.408. The second-order valence-corrected chi connectivity index (χ2v) is 5.73. The first-order chi connectivity index (χ1) is 13.7. The number of amides is 1. The van der Waals surface area contributed by atoms with Crippen molar-refractivity contribution in [3.63, 3.8) is 0 Å². The zero-order chi connectivity index (χ0) is 19.3. The van der Waals surface area contributed by atoms with Crippen LogP contribution < -0.4 is 10.9 Å². The molecule has 0 aliphatic carbocycles. The first-order valence-electron chi connectivity index (χ1n) is 8.26. The van der Waals surface area contributed by atoms with Crippen LogP contribution in [0.3, 0.4) is 0 Å². The van der Waals surface area contributed by atoms with Crippen molar-refractivity contribution in [3.05, 3.63) is 76.7 Å². The number of aromatic amines is 1. The van der Waals surface area contributed by atoms with Gasteiger partial charge in [0.25, 0.3) is 17.4 Å². The van der Waals surface area contributed by atoms with Gasteiger partial charge in [-0.1, -0.05) is 23.4 Å². The van der Waals surface area contributed by atoms with E-state index in [1.807, 2.05) is 30.3 Å². The third-order valence-electron chi connectivity index (χ3n) is 3.77. The highest BCUT2D eigenvalue weighted by Crippen LogP contribution is 2.15. The molecule has 0 unspecified atom stereocenters. The second kappa shape index (κ2) is 7.61. The summed E-state index contributed by atoms with van der Waals surface area (Å²) in [4.78, 5) is 39.1. The van der Waals surface area contributed by atoms with Gasteiger partial charge in [0, 0.05) is 11.8 Å². The quantitative estimate of drug-likeness (QED) is 0.490. The van der Waals surface area contributed by atoms with E-state index >= 15 is 0 Å². The predicted octanol–water partition coefficient (Wildman–Crippen LogP) is 0.390. The lowest BCUT2D eigenvalue weighted by atomic mass is 10.2. The average Bonchev–Trinajstić information content (AvgIpc) is 3.39. The molecule has 4 aromatic rings. The highest BCUT2D eigenvalue weighted by atomic mass is 16.5. The van der Waals surface area contributed by atoms with E-state index in [2.05, 4.69) is 35.5 Å². The van der Waals surface area contributed by atoms with Crippen LogP contribution in [0.4, 0.5) is 0 Å². The molecule has 0 aliphatic rings. The number of H-pyrrole nitrogens is 1. The van der Waals surface area contributed by atoms with Crippen LogP contribution >= 0.6 is 0 Å². The van der Waals surface area contributed by atoms with Crippen molar-refractivity contribution in [1.29, 1.82) is 0 Å². The van der Waals surface area contributed by atoms with E-state index in [9.17, 15) is 9.59 Å². The van der Waals surface area contributed by atoms with Gasteiger partial charge in [0.05, 0.1) is 6.54 Å². The third kappa shape index (κ3) is 3.82. The van der Waals surface area contributed by atoms with Crippen molar-refractivity contribution in [2.75, 3.05) is 0 Å². The second-order valence-electron chi connectivity index (χ2n) is 5.73. The molecule has 2 N–H and O–H groups in total. The molecule has 140 valence electrons. The largest absolute Gasteiger partial charge is 0.344 e. The summed E-state index contributed by atoms with van der Waals surface area (Å²) < 4.78 is 6.67. The van der Waals surface area contributed by atoms with Gasteiger partial charge < -0.3 is 14.8 Å². The van der Waals surface area contributed by atoms with Crippen LogP contribution in [-0.4, -0.2) is 40.8 Å². The fourth-order valence-corrected chi connectivity index (χ4v) is 2.42. The Kier molecular flexibility index (Phi) is 4.70. The van der Waals surface area contributed by atoms with Crippen LogP contribution in [0.15, 0.2) is 58.5 Å². The molecule has 4 rings (SSSR count). The van der Waals surface area contributed by atoms with Gasteiger partial charge in [0.2, 0.25) is 0 Å². The van der Waals surface area contributed by atoms with E-state index in [0.29, 0.717) is 17.5 Å². The summed E-state index contributed by atoms with van der Waals surface area (Å²) in [7, 11) is 0. The summed E-state index contributed by atoms with van der Waals surface area (Å²) in [5.41, 5.74) is 0.103. The van der Waals surface area contributed by atoms with E-state index in [4.69, 9.17) is 4.52 Å². The lowest BCUT2D eigenvalue weighted by molar-refractivity contribution is 0.0947. The monoisotopic (exact) mass is 378 g/mol. The molecule has 0 aliphatic heterocycles. The van der Waals surface area contributed by atoms with Crippen molar-refractivity contribution in [2.45, 2.75) is 13.1 Å². The number of nitrogens with zero attached hydrogens (tertiary/aromatic N) is 6. The maximum Gasteiger partial charge on any atom is 0.263 e. The summed E-state index contributed by atoms with van der Waals surface area (Å²) in [5, 5.41) is 10.3. The molecule has 1 aromatic carbocycles. The average molecular weight is 378 g/mol. The molecule has 11 nitrogen and oxygen atoms in total. The maximum atomic E-state index is 12.3. The van der Waals surface area contributed by atoms with Crippen molar-refractivity contribution < 1.29 is 9.32 Å². The Labute approximate surface area is 157 Å². The number of carbonyl (C=O) groups is 1. The number of nitrogens with one attached hydrogen (secondary N) is 2. The van der Waals surface area contributed by atoms with Crippen LogP contribution in [0, 0.1) is 0 Å². The summed E-state index contributed by atoms with van der Waals surface area (Å²) in [6.45, 7) is 0.248. The van der Waals surface area contributed by atoms with E-state index in [1.54, 1.807) is 0 Å². The number of aromatic nitrogens is 7. The summed E-state index contributed by atoms with van der Waals surface area (Å²) in [6.07, 6.45) is 4.09. The van der Waals surface area contributed by atoms with E-state index in [0.717, 1.165) is 5.56 Å². The summed E-state index contributed by atoms with van der Waals surface area (Å²) in [6, 6.07) is 9.26. The molecule has 0 atom stereocenters. The van der Waals surface area contributed by atoms with Crippen LogP contribution in [0.25, 0.3) is 11.5 Å². The zero-order valence-electron chi connectivity index (χ0n) is 14.4. The highest BCUT2D eigenvalue weighted by Gasteiger charge is 2.14. The lowest BCUT2D eigenvalue weighted by Gasteiger charge is -2.04. The van der Waals surface area contributed by atoms with Crippen molar-refractivity contribution in [2.24, 2.45) is 0 Å². The number of carbonyl (C=O) groups excluding carboxylic acids is 1. The molecule has 0 radical (unpaired) electrons. The molecular weight excluding hydrogens is 364 g/mol. The Balaban J connectivity index is 1.40. The fraction of sp³-hybridized carbons (Fsp3) is 0.118. The van der Waals surface area contributed by atoms with Gasteiger partial charge in [-0.05, 0) is 12.1 Å². The minimum Gasteiger partial charge on any atom is -0.344 e. The van der Waals surface area contributed by atoms with Gasteiger partial charge in [-0.15, -0.1) is 0 Å². The van der Waals surface area contributed by atoms with Gasteiger partial charge in [-0.3, -0.25) is 9.59 Å². The minimum atomic E-state index is -0.591. The maximum absolute atomic E-state index is 12.3. The van der Waals surface area contributed by atoms with Crippen molar-refractivity contribution in [1.82, 2.24) is 40.2 Å². The first-order valence-corrected chi connectivity index (χ1v) is 8.26. The third-order valence-corrected chi connectivity index (χ3v) is 3.77. The van der Waals surface area contributed by atoms with Crippen LogP contribution in [-0.2, 0) is 13.1 Å². The van der Waals surface area contributed by atoms with E-state index < -0.39 is 11.5 Å². The minimum absolute atomic E-state index is 0.00924.